The highest BCUT2D eigenvalue weighted by atomic mass is 32.1. The zero-order valence-electron chi connectivity index (χ0n) is 17.6. The van der Waals surface area contributed by atoms with Crippen molar-refractivity contribution < 1.29 is 14.3 Å². The Labute approximate surface area is 187 Å². The molecule has 162 valence electrons. The van der Waals surface area contributed by atoms with Crippen LogP contribution in [0.25, 0.3) is 0 Å². The van der Waals surface area contributed by atoms with Gasteiger partial charge in [-0.1, -0.05) is 0 Å². The second-order valence-electron chi connectivity index (χ2n) is 9.74. The van der Waals surface area contributed by atoms with Gasteiger partial charge < -0.3 is 15.4 Å². The first kappa shape index (κ1) is 20.4. The lowest BCUT2D eigenvalue weighted by Crippen LogP contribution is -2.55. The highest BCUT2D eigenvalue weighted by molar-refractivity contribution is 7.80. The number of anilines is 1. The number of esters is 1. The largest absolute Gasteiger partial charge is 0.462 e. The van der Waals surface area contributed by atoms with E-state index >= 15 is 0 Å². The SMILES string of the molecule is CCOC(=O)c1c(NC(=S)NC(=O)C23CC4CC(CC(C4)C2)C3)sc2c1CCCC2. The highest BCUT2D eigenvalue weighted by Crippen LogP contribution is 2.60. The molecule has 6 rings (SSSR count). The van der Waals surface area contributed by atoms with E-state index in [1.165, 1.54) is 24.1 Å². The van der Waals surface area contributed by atoms with Crippen LogP contribution in [0, 0.1) is 23.2 Å². The van der Waals surface area contributed by atoms with E-state index in [2.05, 4.69) is 10.6 Å². The first-order valence-electron chi connectivity index (χ1n) is 11.4. The van der Waals surface area contributed by atoms with E-state index in [1.54, 1.807) is 11.3 Å². The monoisotopic (exact) mass is 446 g/mol. The summed E-state index contributed by atoms with van der Waals surface area (Å²) >= 11 is 7.11. The fraction of sp³-hybridized carbons (Fsp3) is 0.696. The highest BCUT2D eigenvalue weighted by Gasteiger charge is 2.54. The summed E-state index contributed by atoms with van der Waals surface area (Å²) in [6, 6.07) is 0. The number of aryl methyl sites for hydroxylation is 1. The molecule has 1 amide bonds. The molecule has 30 heavy (non-hydrogen) atoms. The van der Waals surface area contributed by atoms with Crippen LogP contribution in [0.1, 0.15) is 79.1 Å². The standard InChI is InChI=1S/C23H30N2O3S2/c1-2-28-20(26)18-16-5-3-4-6-17(16)30-19(18)24-22(29)25-21(27)23-10-13-7-14(11-23)9-15(8-13)12-23/h13-15H,2-12H2,1H3,(H2,24,25,27,29). The Hall–Kier alpha value is -1.47. The minimum absolute atomic E-state index is 0.0816. The van der Waals surface area contributed by atoms with Gasteiger partial charge in [-0.05, 0) is 107 Å². The van der Waals surface area contributed by atoms with Gasteiger partial charge in [-0.25, -0.2) is 4.79 Å². The Kier molecular flexibility index (Phi) is 5.38. The average molecular weight is 447 g/mol. The van der Waals surface area contributed by atoms with Gasteiger partial charge in [0.05, 0.1) is 17.6 Å². The minimum atomic E-state index is -0.297. The van der Waals surface area contributed by atoms with Crippen molar-refractivity contribution in [1.82, 2.24) is 5.32 Å². The first-order chi connectivity index (χ1) is 14.5. The van der Waals surface area contributed by atoms with E-state index in [-0.39, 0.29) is 17.3 Å². The number of thiocarbonyl (C=S) groups is 1. The maximum absolute atomic E-state index is 13.3. The van der Waals surface area contributed by atoms with E-state index < -0.39 is 0 Å². The molecular formula is C23H30N2O3S2. The zero-order valence-corrected chi connectivity index (χ0v) is 19.2. The Balaban J connectivity index is 1.32. The van der Waals surface area contributed by atoms with Gasteiger partial charge in [0.1, 0.15) is 5.00 Å². The van der Waals surface area contributed by atoms with Crippen molar-refractivity contribution in [3.63, 3.8) is 0 Å². The molecule has 1 heterocycles. The van der Waals surface area contributed by atoms with E-state index in [4.69, 9.17) is 17.0 Å². The van der Waals surface area contributed by atoms with Crippen molar-refractivity contribution in [1.29, 1.82) is 0 Å². The second kappa shape index (κ2) is 7.90. The molecule has 4 bridgehead atoms. The summed E-state index contributed by atoms with van der Waals surface area (Å²) in [6.45, 7) is 2.16. The molecule has 5 aliphatic rings. The van der Waals surface area contributed by atoms with Gasteiger partial charge in [0.15, 0.2) is 5.11 Å². The molecule has 1 aromatic rings. The topological polar surface area (TPSA) is 67.4 Å². The Morgan fingerprint density at radius 2 is 1.73 bits per heavy atom. The maximum Gasteiger partial charge on any atom is 0.341 e. The molecule has 5 aliphatic carbocycles. The van der Waals surface area contributed by atoms with Gasteiger partial charge in [0.2, 0.25) is 5.91 Å². The molecule has 0 saturated heterocycles. The number of carbonyl (C=O) groups excluding carboxylic acids is 2. The quantitative estimate of drug-likeness (QED) is 0.512. The molecule has 4 fully saturated rings. The van der Waals surface area contributed by atoms with Crippen molar-refractivity contribution in [2.45, 2.75) is 71.1 Å². The third-order valence-corrected chi connectivity index (χ3v) is 9.04. The fourth-order valence-electron chi connectivity index (χ4n) is 6.83. The molecule has 0 atom stereocenters. The number of nitrogens with one attached hydrogen (secondary N) is 2. The van der Waals surface area contributed by atoms with Crippen LogP contribution in [0.3, 0.4) is 0 Å². The predicted octanol–water partition coefficient (Wildman–Crippen LogP) is 4.83. The van der Waals surface area contributed by atoms with Crippen molar-refractivity contribution in [2.75, 3.05) is 11.9 Å². The summed E-state index contributed by atoms with van der Waals surface area (Å²) in [5.41, 5.74) is 1.48. The molecular weight excluding hydrogens is 416 g/mol. The summed E-state index contributed by atoms with van der Waals surface area (Å²) in [7, 11) is 0. The number of amides is 1. The van der Waals surface area contributed by atoms with E-state index in [1.807, 2.05) is 6.92 Å². The summed E-state index contributed by atoms with van der Waals surface area (Å²) < 4.78 is 5.32. The third kappa shape index (κ3) is 3.58. The van der Waals surface area contributed by atoms with Gasteiger partial charge in [-0.15, -0.1) is 11.3 Å². The van der Waals surface area contributed by atoms with Crippen molar-refractivity contribution in [3.05, 3.63) is 16.0 Å². The van der Waals surface area contributed by atoms with Crippen molar-refractivity contribution >= 4 is 45.5 Å². The van der Waals surface area contributed by atoms with Crippen LogP contribution in [-0.4, -0.2) is 23.6 Å². The second-order valence-corrected chi connectivity index (χ2v) is 11.3. The van der Waals surface area contributed by atoms with Crippen molar-refractivity contribution in [2.24, 2.45) is 23.2 Å². The lowest BCUT2D eigenvalue weighted by molar-refractivity contribution is -0.144. The molecule has 1 aromatic heterocycles. The molecule has 0 spiro atoms. The first-order valence-corrected chi connectivity index (χ1v) is 12.6. The van der Waals surface area contributed by atoms with Crippen LogP contribution in [0.2, 0.25) is 0 Å². The van der Waals surface area contributed by atoms with E-state index in [0.717, 1.165) is 55.5 Å². The van der Waals surface area contributed by atoms with Crippen LogP contribution in [0.4, 0.5) is 5.00 Å². The van der Waals surface area contributed by atoms with Crippen LogP contribution < -0.4 is 10.6 Å². The molecule has 7 heteroatoms. The summed E-state index contributed by atoms with van der Waals surface area (Å²) in [5.74, 6) is 1.92. The molecule has 2 N–H and O–H groups in total. The van der Waals surface area contributed by atoms with Gasteiger partial charge in [0, 0.05) is 4.88 Å². The molecule has 0 aliphatic heterocycles. The van der Waals surface area contributed by atoms with Crippen LogP contribution in [0.5, 0.6) is 0 Å². The predicted molar refractivity (Wildman–Crippen MR) is 122 cm³/mol. The summed E-state index contributed by atoms with van der Waals surface area (Å²) in [6.07, 6.45) is 11.1. The van der Waals surface area contributed by atoms with Crippen LogP contribution in [0.15, 0.2) is 0 Å². The molecule has 0 aromatic carbocycles. The Bertz CT molecular complexity index is 856. The van der Waals surface area contributed by atoms with Gasteiger partial charge in [-0.2, -0.15) is 0 Å². The fourth-order valence-corrected chi connectivity index (χ4v) is 8.37. The minimum Gasteiger partial charge on any atom is -0.462 e. The lowest BCUT2D eigenvalue weighted by Gasteiger charge is -2.55. The number of rotatable bonds is 4. The number of hydrogen-bond acceptors (Lipinski definition) is 5. The van der Waals surface area contributed by atoms with E-state index in [9.17, 15) is 9.59 Å². The van der Waals surface area contributed by atoms with Crippen LogP contribution in [-0.2, 0) is 22.4 Å². The number of thiophene rings is 1. The molecule has 0 radical (unpaired) electrons. The van der Waals surface area contributed by atoms with Gasteiger partial charge >= 0.3 is 5.97 Å². The molecule has 5 nitrogen and oxygen atoms in total. The summed E-state index contributed by atoms with van der Waals surface area (Å²) in [4.78, 5) is 27.2. The Morgan fingerprint density at radius 1 is 1.10 bits per heavy atom. The summed E-state index contributed by atoms with van der Waals surface area (Å²) in [5, 5.41) is 7.21. The number of carbonyl (C=O) groups is 2. The zero-order chi connectivity index (χ0) is 20.9. The van der Waals surface area contributed by atoms with Crippen LogP contribution >= 0.6 is 23.6 Å². The lowest BCUT2D eigenvalue weighted by atomic mass is 9.49. The molecule has 4 saturated carbocycles. The smallest absolute Gasteiger partial charge is 0.341 e. The van der Waals surface area contributed by atoms with E-state index in [0.29, 0.717) is 35.0 Å². The van der Waals surface area contributed by atoms with Gasteiger partial charge in [0.25, 0.3) is 0 Å². The number of ether oxygens (including phenoxy) is 1. The third-order valence-electron chi connectivity index (χ3n) is 7.62. The number of hydrogen-bond donors (Lipinski definition) is 2. The average Bonchev–Trinajstić information content (AvgIpc) is 3.04. The molecule has 0 unspecified atom stereocenters. The van der Waals surface area contributed by atoms with Crippen molar-refractivity contribution in [3.8, 4) is 0 Å². The normalized spacial score (nSPS) is 31.2. The maximum atomic E-state index is 13.3. The number of fused-ring (bicyclic) bond motifs is 1. The van der Waals surface area contributed by atoms with Gasteiger partial charge in [-0.3, -0.25) is 4.79 Å². The Morgan fingerprint density at radius 3 is 2.37 bits per heavy atom.